The minimum atomic E-state index is 0.151. The maximum Gasteiger partial charge on any atom is 0.0567 e. The average molecular weight is 424 g/mol. The molecule has 0 unspecified atom stereocenters. The molecule has 0 spiro atoms. The van der Waals surface area contributed by atoms with E-state index in [9.17, 15) is 0 Å². The molecule has 1 N–H and O–H groups in total. The maximum atomic E-state index is 3.86. The van der Waals surface area contributed by atoms with Gasteiger partial charge in [-0.3, -0.25) is 0 Å². The fourth-order valence-electron chi connectivity index (χ4n) is 4.87. The van der Waals surface area contributed by atoms with Gasteiger partial charge in [0.25, 0.3) is 0 Å². The Labute approximate surface area is 189 Å². The van der Waals surface area contributed by atoms with Crippen LogP contribution in [-0.4, -0.2) is 0 Å². The third-order valence-electron chi connectivity index (χ3n) is 6.75. The smallest absolute Gasteiger partial charge is 0.0567 e. The van der Waals surface area contributed by atoms with Crippen molar-refractivity contribution in [2.45, 2.75) is 114 Å². The van der Waals surface area contributed by atoms with Crippen LogP contribution in [0.2, 0.25) is 0 Å². The Kier molecular flexibility index (Phi) is 7.61. The van der Waals surface area contributed by atoms with Gasteiger partial charge in [0.2, 0.25) is 0 Å². The van der Waals surface area contributed by atoms with Crippen LogP contribution in [0.1, 0.15) is 104 Å². The average Bonchev–Trinajstić information content (AvgIpc) is 2.71. The van der Waals surface area contributed by atoms with Gasteiger partial charge >= 0.3 is 0 Å². The van der Waals surface area contributed by atoms with Gasteiger partial charge in [-0.15, -0.1) is 0 Å². The van der Waals surface area contributed by atoms with Gasteiger partial charge in [0.05, 0.1) is 11.4 Å². The zero-order chi connectivity index (χ0) is 21.8. The number of fused-ring (bicyclic) bond motifs is 2. The number of benzene rings is 2. The van der Waals surface area contributed by atoms with Crippen LogP contribution in [0.3, 0.4) is 0 Å². The van der Waals surface area contributed by atoms with Gasteiger partial charge in [-0.2, -0.15) is 0 Å². The fourth-order valence-corrected chi connectivity index (χ4v) is 5.87. The Hall–Kier alpha value is -1.41. The Morgan fingerprint density at radius 3 is 2.03 bits per heavy atom. The third kappa shape index (κ3) is 5.07. The molecule has 2 aromatic rings. The van der Waals surface area contributed by atoms with Crippen LogP contribution >= 0.6 is 11.8 Å². The van der Waals surface area contributed by atoms with Crippen LogP contribution in [0, 0.1) is 0 Å². The largest absolute Gasteiger partial charge is 0.353 e. The molecular weight excluding hydrogens is 382 g/mol. The Morgan fingerprint density at radius 2 is 1.37 bits per heavy atom. The first-order valence-corrected chi connectivity index (χ1v) is 12.8. The number of hydrogen-bond acceptors (Lipinski definition) is 2. The van der Waals surface area contributed by atoms with Crippen molar-refractivity contribution < 1.29 is 0 Å². The molecular formula is C28H41NS. The predicted octanol–water partition coefficient (Wildman–Crippen LogP) is 9.61. The van der Waals surface area contributed by atoms with E-state index >= 15 is 0 Å². The molecule has 0 atom stereocenters. The van der Waals surface area contributed by atoms with Crippen molar-refractivity contribution in [2.75, 3.05) is 5.32 Å². The van der Waals surface area contributed by atoms with Crippen molar-refractivity contribution in [2.24, 2.45) is 0 Å². The highest BCUT2D eigenvalue weighted by Gasteiger charge is 2.35. The molecule has 164 valence electrons. The van der Waals surface area contributed by atoms with Crippen molar-refractivity contribution in [1.82, 2.24) is 0 Å². The van der Waals surface area contributed by atoms with Crippen molar-refractivity contribution in [3.8, 4) is 0 Å². The molecule has 0 bridgehead atoms. The van der Waals surface area contributed by atoms with Crippen LogP contribution in [-0.2, 0) is 10.8 Å². The van der Waals surface area contributed by atoms with Crippen LogP contribution < -0.4 is 5.32 Å². The highest BCUT2D eigenvalue weighted by molar-refractivity contribution is 7.99. The standard InChI is InChI=1S/C28H41NS/c1-7-9-13-19-27(3,4)21-17-18-24-26(25(21)28(5,6)20-14-10-8-2)29-22-15-11-12-16-23(22)30-24/h11-12,15-18,29H,7-10,13-14,19-20H2,1-6H3. The lowest BCUT2D eigenvalue weighted by Crippen LogP contribution is -2.28. The first kappa shape index (κ1) is 23.3. The second-order valence-corrected chi connectivity index (χ2v) is 11.4. The van der Waals surface area contributed by atoms with E-state index in [2.05, 4.69) is 83.3 Å². The molecule has 1 aliphatic heterocycles. The lowest BCUT2D eigenvalue weighted by Gasteiger charge is -2.38. The van der Waals surface area contributed by atoms with E-state index in [1.54, 1.807) is 11.1 Å². The van der Waals surface area contributed by atoms with E-state index in [1.165, 1.54) is 72.5 Å². The maximum absolute atomic E-state index is 3.86. The second-order valence-electron chi connectivity index (χ2n) is 10.3. The van der Waals surface area contributed by atoms with E-state index in [0.717, 1.165) is 0 Å². The van der Waals surface area contributed by atoms with Crippen LogP contribution in [0.25, 0.3) is 0 Å². The monoisotopic (exact) mass is 423 g/mol. The van der Waals surface area contributed by atoms with Gasteiger partial charge in [0.15, 0.2) is 0 Å². The van der Waals surface area contributed by atoms with Crippen LogP contribution in [0.15, 0.2) is 46.2 Å². The highest BCUT2D eigenvalue weighted by Crippen LogP contribution is 2.52. The molecule has 1 heterocycles. The molecule has 0 saturated carbocycles. The predicted molar refractivity (Wildman–Crippen MR) is 135 cm³/mol. The number of anilines is 2. The summed E-state index contributed by atoms with van der Waals surface area (Å²) in [5.41, 5.74) is 6.05. The van der Waals surface area contributed by atoms with Gasteiger partial charge in [0, 0.05) is 9.79 Å². The molecule has 1 aliphatic rings. The van der Waals surface area contributed by atoms with Crippen molar-refractivity contribution in [3.63, 3.8) is 0 Å². The zero-order valence-corrected chi connectivity index (χ0v) is 20.8. The molecule has 0 amide bonds. The SMILES string of the molecule is CCCCCC(C)(C)c1ccc2c(c1C(C)(C)CCCCC)Nc1ccccc1S2. The number of para-hydroxylation sites is 1. The van der Waals surface area contributed by atoms with Crippen molar-refractivity contribution in [1.29, 1.82) is 0 Å². The van der Waals surface area contributed by atoms with E-state index in [1.807, 2.05) is 11.8 Å². The van der Waals surface area contributed by atoms with E-state index < -0.39 is 0 Å². The van der Waals surface area contributed by atoms with Crippen LogP contribution in [0.5, 0.6) is 0 Å². The summed E-state index contributed by atoms with van der Waals surface area (Å²) in [6.07, 6.45) is 10.3. The number of rotatable bonds is 10. The summed E-state index contributed by atoms with van der Waals surface area (Å²) < 4.78 is 0. The minimum absolute atomic E-state index is 0.151. The third-order valence-corrected chi connectivity index (χ3v) is 7.89. The quantitative estimate of drug-likeness (QED) is 0.326. The number of hydrogen-bond donors (Lipinski definition) is 1. The van der Waals surface area contributed by atoms with Gasteiger partial charge in [-0.25, -0.2) is 0 Å². The molecule has 0 aliphatic carbocycles. The normalized spacial score (nSPS) is 13.5. The van der Waals surface area contributed by atoms with Gasteiger partial charge < -0.3 is 5.32 Å². The topological polar surface area (TPSA) is 12.0 Å². The lowest BCUT2D eigenvalue weighted by atomic mass is 9.69. The Balaban J connectivity index is 2.07. The van der Waals surface area contributed by atoms with E-state index in [4.69, 9.17) is 0 Å². The second kappa shape index (κ2) is 9.81. The number of nitrogens with one attached hydrogen (secondary N) is 1. The zero-order valence-electron chi connectivity index (χ0n) is 20.0. The highest BCUT2D eigenvalue weighted by atomic mass is 32.2. The molecule has 0 radical (unpaired) electrons. The summed E-state index contributed by atoms with van der Waals surface area (Å²) in [4.78, 5) is 2.70. The summed E-state index contributed by atoms with van der Waals surface area (Å²) in [5.74, 6) is 0. The van der Waals surface area contributed by atoms with Gasteiger partial charge in [-0.05, 0) is 53.0 Å². The Bertz CT molecular complexity index is 850. The molecule has 2 aromatic carbocycles. The molecule has 30 heavy (non-hydrogen) atoms. The summed E-state index contributed by atoms with van der Waals surface area (Å²) in [7, 11) is 0. The van der Waals surface area contributed by atoms with Crippen LogP contribution in [0.4, 0.5) is 11.4 Å². The first-order chi connectivity index (χ1) is 14.3. The molecule has 0 saturated heterocycles. The summed E-state index contributed by atoms with van der Waals surface area (Å²) in [6, 6.07) is 13.5. The molecule has 0 fully saturated rings. The van der Waals surface area contributed by atoms with Crippen molar-refractivity contribution in [3.05, 3.63) is 47.5 Å². The summed E-state index contributed by atoms with van der Waals surface area (Å²) in [5, 5.41) is 3.86. The summed E-state index contributed by atoms with van der Waals surface area (Å²) in [6.45, 7) is 14.5. The van der Waals surface area contributed by atoms with E-state index in [-0.39, 0.29) is 10.8 Å². The molecule has 3 rings (SSSR count). The van der Waals surface area contributed by atoms with Gasteiger partial charge in [0.1, 0.15) is 0 Å². The molecule has 2 heteroatoms. The lowest BCUT2D eigenvalue weighted by molar-refractivity contribution is 0.410. The Morgan fingerprint density at radius 1 is 0.733 bits per heavy atom. The summed E-state index contributed by atoms with van der Waals surface area (Å²) >= 11 is 1.92. The fraction of sp³-hybridized carbons (Fsp3) is 0.571. The van der Waals surface area contributed by atoms with Crippen molar-refractivity contribution >= 4 is 23.1 Å². The molecule has 0 aromatic heterocycles. The van der Waals surface area contributed by atoms with Gasteiger partial charge in [-0.1, -0.05) is 110 Å². The first-order valence-electron chi connectivity index (χ1n) is 12.0. The number of unbranched alkanes of at least 4 members (excludes halogenated alkanes) is 4. The minimum Gasteiger partial charge on any atom is -0.353 e. The van der Waals surface area contributed by atoms with E-state index in [0.29, 0.717) is 0 Å². The molecule has 1 nitrogen and oxygen atoms in total.